The second-order valence-corrected chi connectivity index (χ2v) is 7.19. The standard InChI is InChI=1S/C14H8BrN3OS2/c15-8-4-12(20-5-8)13-16-11(6-21-13)7-1-2-9-10(3-7)18-14(19)17-9/h1-6H,(H2,17,18,19). The van der Waals surface area contributed by atoms with E-state index in [1.807, 2.05) is 29.0 Å². The van der Waals surface area contributed by atoms with Gasteiger partial charge in [-0.25, -0.2) is 9.78 Å². The zero-order chi connectivity index (χ0) is 14.4. The summed E-state index contributed by atoms with van der Waals surface area (Å²) < 4.78 is 1.07. The molecule has 0 radical (unpaired) electrons. The van der Waals surface area contributed by atoms with E-state index < -0.39 is 0 Å². The summed E-state index contributed by atoms with van der Waals surface area (Å²) in [6.45, 7) is 0. The van der Waals surface area contributed by atoms with Crippen molar-refractivity contribution in [3.8, 4) is 21.1 Å². The zero-order valence-electron chi connectivity index (χ0n) is 10.5. The first-order valence-electron chi connectivity index (χ1n) is 6.11. The molecule has 0 atom stereocenters. The minimum atomic E-state index is -0.190. The molecular weight excluding hydrogens is 370 g/mol. The molecule has 0 fully saturated rings. The van der Waals surface area contributed by atoms with Gasteiger partial charge < -0.3 is 9.97 Å². The van der Waals surface area contributed by atoms with Gasteiger partial charge in [-0.1, -0.05) is 6.07 Å². The van der Waals surface area contributed by atoms with E-state index in [0.29, 0.717) is 0 Å². The summed E-state index contributed by atoms with van der Waals surface area (Å²) in [6.07, 6.45) is 0. The molecule has 4 aromatic rings. The maximum absolute atomic E-state index is 11.3. The van der Waals surface area contributed by atoms with Crippen molar-refractivity contribution < 1.29 is 0 Å². The fourth-order valence-corrected chi connectivity index (χ4v) is 4.47. The third-order valence-electron chi connectivity index (χ3n) is 3.09. The first-order chi connectivity index (χ1) is 10.2. The molecule has 3 aromatic heterocycles. The van der Waals surface area contributed by atoms with Gasteiger partial charge in [-0.2, -0.15) is 0 Å². The van der Waals surface area contributed by atoms with Gasteiger partial charge in [0.15, 0.2) is 0 Å². The summed E-state index contributed by atoms with van der Waals surface area (Å²) in [5.74, 6) is 0. The Hall–Kier alpha value is -1.70. The van der Waals surface area contributed by atoms with E-state index in [1.165, 1.54) is 0 Å². The van der Waals surface area contributed by atoms with E-state index in [0.717, 1.165) is 36.6 Å². The molecule has 0 saturated heterocycles. The van der Waals surface area contributed by atoms with E-state index in [9.17, 15) is 4.79 Å². The summed E-state index contributed by atoms with van der Waals surface area (Å²) in [5, 5.41) is 5.09. The number of aromatic nitrogens is 3. The number of aromatic amines is 2. The van der Waals surface area contributed by atoms with Gasteiger partial charge in [0.1, 0.15) is 5.01 Å². The summed E-state index contributed by atoms with van der Waals surface area (Å²) in [5.41, 5.74) is 3.33. The third kappa shape index (κ3) is 2.37. The van der Waals surface area contributed by atoms with E-state index in [2.05, 4.69) is 36.9 Å². The molecule has 0 spiro atoms. The molecule has 0 aliphatic heterocycles. The number of imidazole rings is 1. The Bertz CT molecular complexity index is 995. The molecule has 0 saturated carbocycles. The fourth-order valence-electron chi connectivity index (χ4n) is 2.14. The number of hydrogen-bond donors (Lipinski definition) is 2. The predicted molar refractivity (Wildman–Crippen MR) is 91.0 cm³/mol. The highest BCUT2D eigenvalue weighted by atomic mass is 79.9. The number of benzene rings is 1. The lowest BCUT2D eigenvalue weighted by Gasteiger charge is -1.96. The molecule has 21 heavy (non-hydrogen) atoms. The highest BCUT2D eigenvalue weighted by Gasteiger charge is 2.09. The molecule has 104 valence electrons. The fraction of sp³-hybridized carbons (Fsp3) is 0. The second kappa shape index (κ2) is 4.94. The number of nitrogens with one attached hydrogen (secondary N) is 2. The molecule has 0 aliphatic rings. The van der Waals surface area contributed by atoms with Crippen molar-refractivity contribution in [3.63, 3.8) is 0 Å². The molecule has 4 rings (SSSR count). The minimum absolute atomic E-state index is 0.190. The van der Waals surface area contributed by atoms with Crippen molar-refractivity contribution in [2.24, 2.45) is 0 Å². The Labute approximate surface area is 135 Å². The smallest absolute Gasteiger partial charge is 0.306 e. The molecule has 0 bridgehead atoms. The molecular formula is C14H8BrN3OS2. The molecule has 3 heterocycles. The van der Waals surface area contributed by atoms with Crippen molar-refractivity contribution >= 4 is 49.6 Å². The van der Waals surface area contributed by atoms with Gasteiger partial charge in [-0.15, -0.1) is 22.7 Å². The predicted octanol–water partition coefficient (Wildman–Crippen LogP) is 4.47. The van der Waals surface area contributed by atoms with Crippen LogP contribution in [0.25, 0.3) is 32.2 Å². The van der Waals surface area contributed by atoms with Gasteiger partial charge in [0, 0.05) is 20.8 Å². The van der Waals surface area contributed by atoms with E-state index in [1.54, 1.807) is 22.7 Å². The monoisotopic (exact) mass is 377 g/mol. The average molecular weight is 378 g/mol. The minimum Gasteiger partial charge on any atom is -0.306 e. The molecule has 0 unspecified atom stereocenters. The Morgan fingerprint density at radius 1 is 1.05 bits per heavy atom. The maximum Gasteiger partial charge on any atom is 0.323 e. The van der Waals surface area contributed by atoms with Crippen molar-refractivity contribution in [1.29, 1.82) is 0 Å². The number of thiazole rings is 1. The van der Waals surface area contributed by atoms with Gasteiger partial charge in [0.2, 0.25) is 0 Å². The van der Waals surface area contributed by atoms with E-state index in [4.69, 9.17) is 0 Å². The Kier molecular flexibility index (Phi) is 3.06. The van der Waals surface area contributed by atoms with Crippen molar-refractivity contribution in [3.05, 3.63) is 50.0 Å². The van der Waals surface area contributed by atoms with Crippen LogP contribution in [0.3, 0.4) is 0 Å². The van der Waals surface area contributed by atoms with E-state index >= 15 is 0 Å². The number of rotatable bonds is 2. The first-order valence-corrected chi connectivity index (χ1v) is 8.67. The van der Waals surface area contributed by atoms with Crippen LogP contribution in [0.5, 0.6) is 0 Å². The first kappa shape index (κ1) is 13.0. The largest absolute Gasteiger partial charge is 0.323 e. The van der Waals surface area contributed by atoms with Crippen LogP contribution < -0.4 is 5.69 Å². The normalized spacial score (nSPS) is 11.3. The second-order valence-electron chi connectivity index (χ2n) is 4.51. The Balaban J connectivity index is 1.78. The molecule has 7 heteroatoms. The molecule has 0 amide bonds. The summed E-state index contributed by atoms with van der Waals surface area (Å²) in [7, 11) is 0. The quantitative estimate of drug-likeness (QED) is 0.541. The zero-order valence-corrected chi connectivity index (χ0v) is 13.7. The van der Waals surface area contributed by atoms with Gasteiger partial charge in [0.05, 0.1) is 21.6 Å². The van der Waals surface area contributed by atoms with Crippen LogP contribution in [0.4, 0.5) is 0 Å². The van der Waals surface area contributed by atoms with Crippen LogP contribution in [0.15, 0.2) is 44.3 Å². The number of nitrogens with zero attached hydrogens (tertiary/aromatic N) is 1. The number of fused-ring (bicyclic) bond motifs is 1. The summed E-state index contributed by atoms with van der Waals surface area (Å²) in [4.78, 5) is 22.6. The lowest BCUT2D eigenvalue weighted by Crippen LogP contribution is -1.99. The molecule has 1 aromatic carbocycles. The molecule has 0 aliphatic carbocycles. The van der Waals surface area contributed by atoms with Crippen LogP contribution in [-0.4, -0.2) is 15.0 Å². The molecule has 2 N–H and O–H groups in total. The number of halogens is 1. The summed E-state index contributed by atoms with van der Waals surface area (Å²) >= 11 is 6.75. The van der Waals surface area contributed by atoms with Gasteiger partial charge >= 0.3 is 5.69 Å². The lowest BCUT2D eigenvalue weighted by molar-refractivity contribution is 1.21. The van der Waals surface area contributed by atoms with E-state index in [-0.39, 0.29) is 5.69 Å². The number of thiophene rings is 1. The van der Waals surface area contributed by atoms with Crippen LogP contribution in [0.2, 0.25) is 0 Å². The Morgan fingerprint density at radius 2 is 1.90 bits per heavy atom. The highest BCUT2D eigenvalue weighted by Crippen LogP contribution is 2.34. The van der Waals surface area contributed by atoms with Gasteiger partial charge in [0.25, 0.3) is 0 Å². The number of H-pyrrole nitrogens is 2. The lowest BCUT2D eigenvalue weighted by atomic mass is 10.1. The van der Waals surface area contributed by atoms with Crippen LogP contribution in [0.1, 0.15) is 0 Å². The molecule has 4 nitrogen and oxygen atoms in total. The van der Waals surface area contributed by atoms with Crippen molar-refractivity contribution in [1.82, 2.24) is 15.0 Å². The third-order valence-corrected chi connectivity index (χ3v) is 5.80. The SMILES string of the molecule is O=c1[nH]c2ccc(-c3csc(-c4cc(Br)cs4)n3)cc2[nH]1. The highest BCUT2D eigenvalue weighted by molar-refractivity contribution is 9.10. The summed E-state index contributed by atoms with van der Waals surface area (Å²) in [6, 6.07) is 7.87. The average Bonchev–Trinajstić information content (AvgIpc) is 3.15. The Morgan fingerprint density at radius 3 is 2.71 bits per heavy atom. The van der Waals surface area contributed by atoms with Crippen LogP contribution >= 0.6 is 38.6 Å². The number of hydrogen-bond acceptors (Lipinski definition) is 4. The van der Waals surface area contributed by atoms with Gasteiger partial charge in [-0.05, 0) is 34.1 Å². The van der Waals surface area contributed by atoms with Crippen LogP contribution in [-0.2, 0) is 0 Å². The van der Waals surface area contributed by atoms with Gasteiger partial charge in [-0.3, -0.25) is 0 Å². The topological polar surface area (TPSA) is 61.5 Å². The van der Waals surface area contributed by atoms with Crippen LogP contribution in [0, 0.1) is 0 Å². The van der Waals surface area contributed by atoms with Crippen molar-refractivity contribution in [2.45, 2.75) is 0 Å². The maximum atomic E-state index is 11.3. The van der Waals surface area contributed by atoms with Crippen molar-refractivity contribution in [2.75, 3.05) is 0 Å².